The molecule has 0 fully saturated rings. The average molecular weight is 455 g/mol. The van der Waals surface area contributed by atoms with Gasteiger partial charge in [-0.2, -0.15) is 26.7 Å². The minimum atomic E-state index is -0.319. The van der Waals surface area contributed by atoms with E-state index in [9.17, 15) is 9.18 Å². The van der Waals surface area contributed by atoms with Gasteiger partial charge < -0.3 is 16.4 Å². The van der Waals surface area contributed by atoms with Crippen LogP contribution in [0.5, 0.6) is 0 Å². The van der Waals surface area contributed by atoms with Crippen LogP contribution >= 0.6 is 11.8 Å². The maximum atomic E-state index is 13.0. The average Bonchev–Trinajstić information content (AvgIpc) is 2.72. The van der Waals surface area contributed by atoms with Gasteiger partial charge in [-0.25, -0.2) is 4.39 Å². The first-order valence-corrected chi connectivity index (χ1v) is 11.4. The molecule has 0 aliphatic carbocycles. The van der Waals surface area contributed by atoms with Crippen LogP contribution in [0, 0.1) is 26.6 Å². The third-order valence-corrected chi connectivity index (χ3v) is 5.70. The molecule has 3 rings (SSSR count). The lowest BCUT2D eigenvalue weighted by Crippen LogP contribution is -2.13. The third kappa shape index (κ3) is 6.91. The number of nitrogens with two attached hydrogens (primary N) is 1. The zero-order chi connectivity index (χ0) is 23.1. The van der Waals surface area contributed by atoms with Gasteiger partial charge in [0.15, 0.2) is 0 Å². The van der Waals surface area contributed by atoms with Crippen molar-refractivity contribution in [3.8, 4) is 0 Å². The van der Waals surface area contributed by atoms with Gasteiger partial charge in [0.05, 0.1) is 5.75 Å². The van der Waals surface area contributed by atoms with E-state index >= 15 is 0 Å². The van der Waals surface area contributed by atoms with Crippen molar-refractivity contribution in [2.75, 3.05) is 22.1 Å². The molecular formula is C23H27FN6OS. The maximum Gasteiger partial charge on any atom is 0.232 e. The monoisotopic (exact) mass is 454 g/mol. The van der Waals surface area contributed by atoms with Crippen molar-refractivity contribution in [2.45, 2.75) is 39.4 Å². The Balaban J connectivity index is 1.45. The van der Waals surface area contributed by atoms with E-state index in [-0.39, 0.29) is 17.7 Å². The second-order valence-corrected chi connectivity index (χ2v) is 8.65. The van der Waals surface area contributed by atoms with Gasteiger partial charge in [-0.15, -0.1) is 0 Å². The third-order valence-electron chi connectivity index (χ3n) is 4.66. The largest absolute Gasteiger partial charge is 0.368 e. The highest BCUT2D eigenvalue weighted by Gasteiger charge is 2.09. The standard InChI is InChI=1S/C23H27FN6OS/c1-14-11-15(2)21(16(3)12-14)29-20(31)5-4-10-32-13-19-27-22(25)30-23(28-19)26-18-8-6-17(24)7-9-18/h6-9,11-12H,4-5,10,13H2,1-3H3,(H,29,31)(H3,25,26,27,28,30). The lowest BCUT2D eigenvalue weighted by molar-refractivity contribution is -0.116. The van der Waals surface area contributed by atoms with E-state index in [1.165, 1.54) is 17.7 Å². The summed E-state index contributed by atoms with van der Waals surface area (Å²) in [6, 6.07) is 10.0. The molecule has 9 heteroatoms. The van der Waals surface area contributed by atoms with Crippen LogP contribution < -0.4 is 16.4 Å². The van der Waals surface area contributed by atoms with Gasteiger partial charge in [0.1, 0.15) is 11.6 Å². The molecule has 0 unspecified atom stereocenters. The fourth-order valence-electron chi connectivity index (χ4n) is 3.30. The van der Waals surface area contributed by atoms with Gasteiger partial charge in [0.2, 0.25) is 17.8 Å². The molecule has 0 radical (unpaired) electrons. The molecule has 0 bridgehead atoms. The number of nitrogens with one attached hydrogen (secondary N) is 2. The lowest BCUT2D eigenvalue weighted by Gasteiger charge is -2.12. The van der Waals surface area contributed by atoms with Crippen LogP contribution in [0.3, 0.4) is 0 Å². The normalized spacial score (nSPS) is 10.8. The number of nitrogen functional groups attached to an aromatic ring is 1. The zero-order valence-corrected chi connectivity index (χ0v) is 19.2. The number of carbonyl (C=O) groups is 1. The van der Waals surface area contributed by atoms with E-state index in [0.717, 1.165) is 29.0 Å². The quantitative estimate of drug-likeness (QED) is 0.394. The first-order chi connectivity index (χ1) is 15.3. The van der Waals surface area contributed by atoms with Crippen LogP contribution in [-0.2, 0) is 10.5 Å². The Morgan fingerprint density at radius 3 is 2.44 bits per heavy atom. The molecule has 0 saturated heterocycles. The van der Waals surface area contributed by atoms with Crippen LogP contribution in [0.1, 0.15) is 35.4 Å². The number of amides is 1. The first kappa shape index (κ1) is 23.5. The first-order valence-electron chi connectivity index (χ1n) is 10.3. The number of aromatic nitrogens is 3. The number of halogens is 1. The van der Waals surface area contributed by atoms with Gasteiger partial charge in [-0.05, 0) is 68.3 Å². The molecule has 168 valence electrons. The molecule has 1 amide bonds. The van der Waals surface area contributed by atoms with Crippen molar-refractivity contribution < 1.29 is 9.18 Å². The molecule has 1 heterocycles. The Bertz CT molecular complexity index is 1070. The van der Waals surface area contributed by atoms with Crippen LogP contribution in [0.2, 0.25) is 0 Å². The molecular weight excluding hydrogens is 427 g/mol. The Hall–Kier alpha value is -3.20. The Kier molecular flexibility index (Phi) is 7.99. The number of rotatable bonds is 9. The molecule has 2 aromatic carbocycles. The molecule has 1 aromatic heterocycles. The summed E-state index contributed by atoms with van der Waals surface area (Å²) in [6.07, 6.45) is 1.18. The van der Waals surface area contributed by atoms with Gasteiger partial charge in [-0.3, -0.25) is 4.79 Å². The number of hydrogen-bond donors (Lipinski definition) is 3. The highest BCUT2D eigenvalue weighted by molar-refractivity contribution is 7.98. The number of carbonyl (C=O) groups excluding carboxylic acids is 1. The topological polar surface area (TPSA) is 106 Å². The fraction of sp³-hybridized carbons (Fsp3) is 0.304. The van der Waals surface area contributed by atoms with Crippen LogP contribution in [-0.4, -0.2) is 26.6 Å². The predicted molar refractivity (Wildman–Crippen MR) is 129 cm³/mol. The van der Waals surface area contributed by atoms with E-state index in [2.05, 4.69) is 37.7 Å². The molecule has 0 saturated carbocycles. The smallest absolute Gasteiger partial charge is 0.232 e. The van der Waals surface area contributed by atoms with Crippen molar-refractivity contribution in [3.63, 3.8) is 0 Å². The second-order valence-electron chi connectivity index (χ2n) is 7.54. The predicted octanol–water partition coefficient (Wildman–Crippen LogP) is 4.91. The Morgan fingerprint density at radius 1 is 1.06 bits per heavy atom. The van der Waals surface area contributed by atoms with Gasteiger partial charge >= 0.3 is 0 Å². The SMILES string of the molecule is Cc1cc(C)c(NC(=O)CCCSCc2nc(N)nc(Nc3ccc(F)cc3)n2)c(C)c1. The summed E-state index contributed by atoms with van der Waals surface area (Å²) in [7, 11) is 0. The number of thioether (sulfide) groups is 1. The summed E-state index contributed by atoms with van der Waals surface area (Å²) in [4.78, 5) is 24.9. The van der Waals surface area contributed by atoms with Crippen molar-refractivity contribution in [1.29, 1.82) is 0 Å². The van der Waals surface area contributed by atoms with E-state index in [4.69, 9.17) is 5.73 Å². The minimum Gasteiger partial charge on any atom is -0.368 e. The summed E-state index contributed by atoms with van der Waals surface area (Å²) >= 11 is 1.62. The van der Waals surface area contributed by atoms with Gasteiger partial charge in [0, 0.05) is 17.8 Å². The van der Waals surface area contributed by atoms with Crippen LogP contribution in [0.25, 0.3) is 0 Å². The van der Waals surface area contributed by atoms with Crippen LogP contribution in [0.15, 0.2) is 36.4 Å². The van der Waals surface area contributed by atoms with Gasteiger partial charge in [0.25, 0.3) is 0 Å². The number of benzene rings is 2. The fourth-order valence-corrected chi connectivity index (χ4v) is 4.10. The molecule has 32 heavy (non-hydrogen) atoms. The lowest BCUT2D eigenvalue weighted by atomic mass is 10.0. The Morgan fingerprint density at radius 2 is 1.75 bits per heavy atom. The summed E-state index contributed by atoms with van der Waals surface area (Å²) < 4.78 is 13.0. The maximum absolute atomic E-state index is 13.0. The highest BCUT2D eigenvalue weighted by Crippen LogP contribution is 2.22. The van der Waals surface area contributed by atoms with Crippen molar-refractivity contribution in [2.24, 2.45) is 0 Å². The van der Waals surface area contributed by atoms with E-state index in [0.29, 0.717) is 29.6 Å². The minimum absolute atomic E-state index is 0.0100. The molecule has 0 aliphatic rings. The summed E-state index contributed by atoms with van der Waals surface area (Å²) in [6.45, 7) is 6.06. The molecule has 0 aliphatic heterocycles. The number of nitrogens with zero attached hydrogens (tertiary/aromatic N) is 3. The van der Waals surface area contributed by atoms with Crippen LogP contribution in [0.4, 0.5) is 27.7 Å². The molecule has 7 nitrogen and oxygen atoms in total. The molecule has 0 atom stereocenters. The molecule has 0 spiro atoms. The summed E-state index contributed by atoms with van der Waals surface area (Å²) in [5, 5.41) is 6.02. The number of hydrogen-bond acceptors (Lipinski definition) is 7. The molecule has 3 aromatic rings. The number of anilines is 4. The highest BCUT2D eigenvalue weighted by atomic mass is 32.2. The summed E-state index contributed by atoms with van der Waals surface area (Å²) in [5.74, 6) is 1.99. The summed E-state index contributed by atoms with van der Waals surface area (Å²) in [5.41, 5.74) is 10.7. The number of aryl methyl sites for hydroxylation is 3. The Labute approximate surface area is 191 Å². The second kappa shape index (κ2) is 10.9. The van der Waals surface area contributed by atoms with Crippen molar-refractivity contribution in [3.05, 3.63) is 64.7 Å². The zero-order valence-electron chi connectivity index (χ0n) is 18.4. The van der Waals surface area contributed by atoms with Gasteiger partial charge in [-0.1, -0.05) is 17.7 Å². The van der Waals surface area contributed by atoms with E-state index in [1.807, 2.05) is 20.8 Å². The van der Waals surface area contributed by atoms with Crippen molar-refractivity contribution >= 4 is 40.9 Å². The van der Waals surface area contributed by atoms with E-state index in [1.54, 1.807) is 23.9 Å². The van der Waals surface area contributed by atoms with Crippen molar-refractivity contribution in [1.82, 2.24) is 15.0 Å². The van der Waals surface area contributed by atoms with E-state index < -0.39 is 0 Å². The molecule has 4 N–H and O–H groups in total.